The van der Waals surface area contributed by atoms with Gasteiger partial charge in [0.05, 0.1) is 0 Å². The molecule has 1 aliphatic heterocycles. The molecule has 3 heteroatoms. The maximum atomic E-state index is 6.11. The van der Waals surface area contributed by atoms with Crippen LogP contribution < -0.4 is 5.73 Å². The predicted octanol–water partition coefficient (Wildman–Crippen LogP) is 3.34. The molecule has 0 amide bonds. The van der Waals surface area contributed by atoms with Crippen LogP contribution in [0.1, 0.15) is 29.2 Å². The van der Waals surface area contributed by atoms with Crippen molar-refractivity contribution in [1.29, 1.82) is 0 Å². The molecular formula is C18H19N3. The topological polar surface area (TPSA) is 50.7 Å². The molecule has 0 spiro atoms. The Labute approximate surface area is 125 Å². The summed E-state index contributed by atoms with van der Waals surface area (Å²) >= 11 is 0. The molecule has 0 aliphatic carbocycles. The smallest absolute Gasteiger partial charge is 0.176 e. The van der Waals surface area contributed by atoms with Crippen LogP contribution >= 0.6 is 0 Å². The van der Waals surface area contributed by atoms with Gasteiger partial charge in [0.2, 0.25) is 0 Å². The van der Waals surface area contributed by atoms with Crippen LogP contribution in [0, 0.1) is 13.8 Å². The Morgan fingerprint density at radius 1 is 0.810 bits per heavy atom. The number of hydrogen-bond acceptors (Lipinski definition) is 3. The van der Waals surface area contributed by atoms with Crippen molar-refractivity contribution in [3.8, 4) is 0 Å². The first-order chi connectivity index (χ1) is 9.98. The zero-order valence-electron chi connectivity index (χ0n) is 12.6. The van der Waals surface area contributed by atoms with Crippen LogP contribution in [-0.4, -0.2) is 11.5 Å². The number of aryl methyl sites for hydroxylation is 2. The summed E-state index contributed by atoms with van der Waals surface area (Å²) in [6, 6.07) is 16.5. The van der Waals surface area contributed by atoms with E-state index in [4.69, 9.17) is 10.7 Å². The molecule has 2 aromatic rings. The highest BCUT2D eigenvalue weighted by atomic mass is 15.2. The number of rotatable bonds is 2. The van der Waals surface area contributed by atoms with Crippen LogP contribution in [0.25, 0.3) is 0 Å². The quantitative estimate of drug-likeness (QED) is 0.899. The molecule has 0 aromatic heterocycles. The van der Waals surface area contributed by atoms with E-state index in [0.717, 1.165) is 16.8 Å². The highest BCUT2D eigenvalue weighted by Gasteiger charge is 2.32. The Balaban J connectivity index is 2.03. The summed E-state index contributed by atoms with van der Waals surface area (Å²) in [7, 11) is 0. The Kier molecular flexibility index (Phi) is 3.13. The third-order valence-electron chi connectivity index (χ3n) is 3.83. The normalized spacial score (nSPS) is 21.1. The molecule has 1 atom stereocenters. The average Bonchev–Trinajstić information content (AvgIpc) is 2.77. The van der Waals surface area contributed by atoms with Gasteiger partial charge in [-0.05, 0) is 20.8 Å². The van der Waals surface area contributed by atoms with E-state index in [1.807, 2.05) is 19.1 Å². The van der Waals surface area contributed by atoms with Gasteiger partial charge in [-0.3, -0.25) is 0 Å². The van der Waals surface area contributed by atoms with Gasteiger partial charge in [-0.2, -0.15) is 0 Å². The monoisotopic (exact) mass is 277 g/mol. The largest absolute Gasteiger partial charge is 0.382 e. The molecule has 2 aromatic carbocycles. The van der Waals surface area contributed by atoms with Crippen LogP contribution in [0.2, 0.25) is 0 Å². The first-order valence-electron chi connectivity index (χ1n) is 7.08. The molecule has 0 saturated heterocycles. The molecule has 106 valence electrons. The Bertz CT molecular complexity index is 724. The summed E-state index contributed by atoms with van der Waals surface area (Å²) in [5, 5.41) is 0. The van der Waals surface area contributed by atoms with Crippen LogP contribution in [0.3, 0.4) is 0 Å². The van der Waals surface area contributed by atoms with Crippen molar-refractivity contribution in [2.75, 3.05) is 0 Å². The lowest BCUT2D eigenvalue weighted by Gasteiger charge is -2.17. The summed E-state index contributed by atoms with van der Waals surface area (Å²) in [5.41, 5.74) is 10.8. The third-order valence-corrected chi connectivity index (χ3v) is 3.83. The van der Waals surface area contributed by atoms with Crippen LogP contribution in [-0.2, 0) is 5.66 Å². The maximum Gasteiger partial charge on any atom is 0.176 e. The summed E-state index contributed by atoms with van der Waals surface area (Å²) in [5.74, 6) is 0.502. The van der Waals surface area contributed by atoms with Crippen LogP contribution in [0.5, 0.6) is 0 Å². The van der Waals surface area contributed by atoms with Crippen molar-refractivity contribution in [3.05, 3.63) is 70.8 Å². The van der Waals surface area contributed by atoms with Crippen LogP contribution in [0.4, 0.5) is 0 Å². The Morgan fingerprint density at radius 2 is 1.33 bits per heavy atom. The van der Waals surface area contributed by atoms with E-state index in [1.54, 1.807) is 0 Å². The predicted molar refractivity (Wildman–Crippen MR) is 87.9 cm³/mol. The van der Waals surface area contributed by atoms with E-state index >= 15 is 0 Å². The first kappa shape index (κ1) is 13.6. The van der Waals surface area contributed by atoms with Gasteiger partial charge in [-0.1, -0.05) is 59.7 Å². The lowest BCUT2D eigenvalue weighted by molar-refractivity contribution is 0.540. The number of nitrogens with zero attached hydrogens (tertiary/aromatic N) is 2. The van der Waals surface area contributed by atoms with Crippen molar-refractivity contribution >= 4 is 11.5 Å². The van der Waals surface area contributed by atoms with Gasteiger partial charge in [0.15, 0.2) is 5.66 Å². The van der Waals surface area contributed by atoms with E-state index in [-0.39, 0.29) is 0 Å². The number of nitrogens with two attached hydrogens (primary N) is 1. The summed E-state index contributed by atoms with van der Waals surface area (Å²) in [4.78, 5) is 9.38. The number of aliphatic imine (C=N–C) groups is 2. The van der Waals surface area contributed by atoms with Crippen molar-refractivity contribution in [3.63, 3.8) is 0 Å². The minimum absolute atomic E-state index is 0.502. The molecule has 1 unspecified atom stereocenters. The highest BCUT2D eigenvalue weighted by molar-refractivity contribution is 6.48. The maximum absolute atomic E-state index is 6.11. The lowest BCUT2D eigenvalue weighted by Crippen LogP contribution is -2.21. The fraction of sp³-hybridized carbons (Fsp3) is 0.222. The second-order valence-electron chi connectivity index (χ2n) is 5.71. The van der Waals surface area contributed by atoms with Crippen molar-refractivity contribution < 1.29 is 0 Å². The molecule has 0 bridgehead atoms. The lowest BCUT2D eigenvalue weighted by atomic mass is 10.0. The second kappa shape index (κ2) is 4.85. The Morgan fingerprint density at radius 3 is 1.90 bits per heavy atom. The minimum Gasteiger partial charge on any atom is -0.382 e. The molecule has 1 heterocycles. The third kappa shape index (κ3) is 2.47. The summed E-state index contributed by atoms with van der Waals surface area (Å²) in [6.07, 6.45) is 0. The standard InChI is InChI=1S/C18H19N3/c1-12-4-8-14(9-5-12)16-17(19)21-18(3,20-16)15-10-6-13(2)7-11-15/h4-11H,1-3H3,(H2,19,21). The van der Waals surface area contributed by atoms with Gasteiger partial charge in [0, 0.05) is 11.1 Å². The second-order valence-corrected chi connectivity index (χ2v) is 5.71. The molecular weight excluding hydrogens is 258 g/mol. The Hall–Kier alpha value is -2.42. The molecule has 1 aliphatic rings. The number of hydrogen-bond donors (Lipinski definition) is 1. The molecule has 3 nitrogen and oxygen atoms in total. The minimum atomic E-state index is -0.627. The average molecular weight is 277 g/mol. The molecule has 3 rings (SSSR count). The SMILES string of the molecule is Cc1ccc(C2=NC(C)(c3ccc(C)cc3)N=C2N)cc1. The van der Waals surface area contributed by atoms with Gasteiger partial charge in [-0.15, -0.1) is 0 Å². The molecule has 0 fully saturated rings. The van der Waals surface area contributed by atoms with Crippen LogP contribution in [0.15, 0.2) is 58.5 Å². The zero-order chi connectivity index (χ0) is 15.0. The molecule has 0 saturated carbocycles. The van der Waals surface area contributed by atoms with Gasteiger partial charge in [-0.25, -0.2) is 9.98 Å². The summed E-state index contributed by atoms with van der Waals surface area (Å²) < 4.78 is 0. The fourth-order valence-corrected chi connectivity index (χ4v) is 2.51. The van der Waals surface area contributed by atoms with E-state index in [2.05, 4.69) is 55.2 Å². The molecule has 0 radical (unpaired) electrons. The molecule has 2 N–H and O–H groups in total. The molecule has 21 heavy (non-hydrogen) atoms. The van der Waals surface area contributed by atoms with Crippen molar-refractivity contribution in [2.24, 2.45) is 15.7 Å². The van der Waals surface area contributed by atoms with E-state index in [9.17, 15) is 0 Å². The van der Waals surface area contributed by atoms with E-state index in [1.165, 1.54) is 11.1 Å². The van der Waals surface area contributed by atoms with Crippen molar-refractivity contribution in [2.45, 2.75) is 26.4 Å². The van der Waals surface area contributed by atoms with Gasteiger partial charge < -0.3 is 5.73 Å². The van der Waals surface area contributed by atoms with Gasteiger partial charge in [0.1, 0.15) is 11.5 Å². The number of amidine groups is 1. The first-order valence-corrected chi connectivity index (χ1v) is 7.08. The number of benzene rings is 2. The summed E-state index contributed by atoms with van der Waals surface area (Å²) in [6.45, 7) is 6.12. The highest BCUT2D eigenvalue weighted by Crippen LogP contribution is 2.32. The van der Waals surface area contributed by atoms with Gasteiger partial charge in [0.25, 0.3) is 0 Å². The van der Waals surface area contributed by atoms with Crippen molar-refractivity contribution in [1.82, 2.24) is 0 Å². The van der Waals surface area contributed by atoms with E-state index in [0.29, 0.717) is 5.84 Å². The zero-order valence-corrected chi connectivity index (χ0v) is 12.6. The fourth-order valence-electron chi connectivity index (χ4n) is 2.51. The van der Waals surface area contributed by atoms with E-state index < -0.39 is 5.66 Å². The van der Waals surface area contributed by atoms with Gasteiger partial charge >= 0.3 is 0 Å².